The molecule has 0 saturated carbocycles. The molecule has 132 valence electrons. The number of methoxy groups -OCH3 is 1. The summed E-state index contributed by atoms with van der Waals surface area (Å²) >= 11 is 1.48. The average Bonchev–Trinajstić information content (AvgIpc) is 3.15. The maximum Gasteiger partial charge on any atom is 0.322 e. The second-order valence-electron chi connectivity index (χ2n) is 5.88. The second kappa shape index (κ2) is 8.02. The van der Waals surface area contributed by atoms with Crippen LogP contribution in [0, 0.1) is 5.92 Å². The van der Waals surface area contributed by atoms with E-state index in [9.17, 15) is 9.59 Å². The first-order valence-corrected chi connectivity index (χ1v) is 9.08. The lowest BCUT2D eigenvalue weighted by atomic mass is 9.97. The number of nitrogens with one attached hydrogen (secondary N) is 2. The molecule has 2 heterocycles. The lowest BCUT2D eigenvalue weighted by molar-refractivity contribution is -0.121. The molecule has 1 aliphatic rings. The van der Waals surface area contributed by atoms with E-state index in [1.165, 1.54) is 11.3 Å². The van der Waals surface area contributed by atoms with Crippen molar-refractivity contribution in [2.24, 2.45) is 5.92 Å². The van der Waals surface area contributed by atoms with Crippen LogP contribution in [-0.4, -0.2) is 37.0 Å². The van der Waals surface area contributed by atoms with Crippen LogP contribution in [0.1, 0.15) is 12.8 Å². The summed E-state index contributed by atoms with van der Waals surface area (Å²) in [6, 6.07) is 10.9. The quantitative estimate of drug-likeness (QED) is 0.875. The number of amides is 3. The highest BCUT2D eigenvalue weighted by molar-refractivity contribution is 7.14. The van der Waals surface area contributed by atoms with E-state index in [2.05, 4.69) is 10.6 Å². The summed E-state index contributed by atoms with van der Waals surface area (Å²) in [7, 11) is 1.57. The molecular formula is C18H21N3O3S. The van der Waals surface area contributed by atoms with Gasteiger partial charge in [-0.2, -0.15) is 0 Å². The average molecular weight is 359 g/mol. The molecule has 0 bridgehead atoms. The number of anilines is 2. The molecule has 1 aromatic carbocycles. The predicted octanol–water partition coefficient (Wildman–Crippen LogP) is 3.64. The van der Waals surface area contributed by atoms with Crippen LogP contribution in [0.15, 0.2) is 41.8 Å². The van der Waals surface area contributed by atoms with E-state index in [4.69, 9.17) is 4.74 Å². The molecule has 0 radical (unpaired) electrons. The third-order valence-electron chi connectivity index (χ3n) is 4.20. The van der Waals surface area contributed by atoms with Crippen LogP contribution < -0.4 is 15.4 Å². The van der Waals surface area contributed by atoms with Gasteiger partial charge in [0.25, 0.3) is 0 Å². The second-order valence-corrected chi connectivity index (χ2v) is 6.83. The van der Waals surface area contributed by atoms with E-state index in [-0.39, 0.29) is 17.9 Å². The number of nitrogens with zero attached hydrogens (tertiary/aromatic N) is 1. The summed E-state index contributed by atoms with van der Waals surface area (Å²) in [5, 5.41) is 8.51. The number of thiophene rings is 1. The number of para-hydroxylation sites is 2. The van der Waals surface area contributed by atoms with E-state index in [1.807, 2.05) is 29.6 Å². The summed E-state index contributed by atoms with van der Waals surface area (Å²) in [6.45, 7) is 1.08. The summed E-state index contributed by atoms with van der Waals surface area (Å²) in [5.41, 5.74) is 0.648. The fourth-order valence-electron chi connectivity index (χ4n) is 2.89. The first kappa shape index (κ1) is 17.3. The monoisotopic (exact) mass is 359 g/mol. The van der Waals surface area contributed by atoms with Crippen molar-refractivity contribution in [2.75, 3.05) is 30.8 Å². The van der Waals surface area contributed by atoms with Gasteiger partial charge >= 0.3 is 6.03 Å². The predicted molar refractivity (Wildman–Crippen MR) is 99.3 cm³/mol. The molecule has 2 N–H and O–H groups in total. The molecule has 0 spiro atoms. The van der Waals surface area contributed by atoms with Crippen LogP contribution in [0.25, 0.3) is 0 Å². The van der Waals surface area contributed by atoms with E-state index < -0.39 is 0 Å². The van der Waals surface area contributed by atoms with Crippen LogP contribution in [-0.2, 0) is 4.79 Å². The number of hydrogen-bond acceptors (Lipinski definition) is 4. The minimum absolute atomic E-state index is 0.0851. The summed E-state index contributed by atoms with van der Waals surface area (Å²) in [4.78, 5) is 26.7. The van der Waals surface area contributed by atoms with Crippen molar-refractivity contribution < 1.29 is 14.3 Å². The van der Waals surface area contributed by atoms with Crippen LogP contribution in [0.3, 0.4) is 0 Å². The zero-order chi connectivity index (χ0) is 17.6. The van der Waals surface area contributed by atoms with Crippen molar-refractivity contribution >= 4 is 34.0 Å². The highest BCUT2D eigenvalue weighted by atomic mass is 32.1. The lowest BCUT2D eigenvalue weighted by Gasteiger charge is -2.32. The highest BCUT2D eigenvalue weighted by Gasteiger charge is 2.29. The Morgan fingerprint density at radius 2 is 2.04 bits per heavy atom. The molecule has 0 aliphatic carbocycles. The number of rotatable bonds is 4. The van der Waals surface area contributed by atoms with Gasteiger partial charge in [0, 0.05) is 13.1 Å². The fraction of sp³-hybridized carbons (Fsp3) is 0.333. The summed E-state index contributed by atoms with van der Waals surface area (Å²) < 4.78 is 5.26. The molecular weight excluding hydrogens is 338 g/mol. The molecule has 1 aliphatic heterocycles. The van der Waals surface area contributed by atoms with Crippen molar-refractivity contribution in [2.45, 2.75) is 12.8 Å². The summed E-state index contributed by atoms with van der Waals surface area (Å²) in [6.07, 6.45) is 1.58. The Labute approximate surface area is 150 Å². The minimum Gasteiger partial charge on any atom is -0.495 e. The number of hydrogen-bond donors (Lipinski definition) is 2. The number of ether oxygens (including phenoxy) is 1. The first-order valence-electron chi connectivity index (χ1n) is 8.20. The maximum atomic E-state index is 12.6. The van der Waals surface area contributed by atoms with Crippen molar-refractivity contribution in [3.05, 3.63) is 41.8 Å². The summed E-state index contributed by atoms with van der Waals surface area (Å²) in [5.74, 6) is 0.310. The Morgan fingerprint density at radius 3 is 2.80 bits per heavy atom. The van der Waals surface area contributed by atoms with E-state index in [1.54, 1.807) is 24.1 Å². The van der Waals surface area contributed by atoms with E-state index in [0.717, 1.165) is 17.8 Å². The molecule has 3 rings (SSSR count). The largest absolute Gasteiger partial charge is 0.495 e. The van der Waals surface area contributed by atoms with Gasteiger partial charge in [0.1, 0.15) is 5.75 Å². The van der Waals surface area contributed by atoms with Gasteiger partial charge in [-0.25, -0.2) is 4.79 Å². The first-order chi connectivity index (χ1) is 12.2. The molecule has 1 unspecified atom stereocenters. The Balaban J connectivity index is 1.60. The SMILES string of the molecule is COc1ccccc1NC(=O)C1CCCN(C(=O)Nc2cccs2)C1. The molecule has 2 aromatic rings. The Bertz CT molecular complexity index is 733. The van der Waals surface area contributed by atoms with E-state index >= 15 is 0 Å². The van der Waals surface area contributed by atoms with E-state index in [0.29, 0.717) is 24.5 Å². The smallest absolute Gasteiger partial charge is 0.322 e. The van der Waals surface area contributed by atoms with Gasteiger partial charge in [-0.1, -0.05) is 12.1 Å². The van der Waals surface area contributed by atoms with Gasteiger partial charge in [0.2, 0.25) is 5.91 Å². The number of carbonyl (C=O) groups excluding carboxylic acids is 2. The number of urea groups is 1. The Kier molecular flexibility index (Phi) is 5.55. The number of benzene rings is 1. The van der Waals surface area contributed by atoms with Gasteiger partial charge < -0.3 is 15.0 Å². The Hall–Kier alpha value is -2.54. The van der Waals surface area contributed by atoms with Gasteiger partial charge in [-0.15, -0.1) is 11.3 Å². The third-order valence-corrected chi connectivity index (χ3v) is 4.98. The lowest BCUT2D eigenvalue weighted by Crippen LogP contribution is -2.45. The molecule has 1 fully saturated rings. The van der Waals surface area contributed by atoms with Crippen LogP contribution >= 0.6 is 11.3 Å². The van der Waals surface area contributed by atoms with Gasteiger partial charge in [-0.05, 0) is 42.5 Å². The number of likely N-dealkylation sites (tertiary alicyclic amines) is 1. The van der Waals surface area contributed by atoms with Gasteiger partial charge in [0.15, 0.2) is 0 Å². The zero-order valence-electron chi connectivity index (χ0n) is 14.0. The normalized spacial score (nSPS) is 17.0. The van der Waals surface area contributed by atoms with Crippen LogP contribution in [0.2, 0.25) is 0 Å². The molecule has 1 atom stereocenters. The van der Waals surface area contributed by atoms with Gasteiger partial charge in [0.05, 0.1) is 23.7 Å². The van der Waals surface area contributed by atoms with Crippen molar-refractivity contribution in [3.8, 4) is 5.75 Å². The van der Waals surface area contributed by atoms with Crippen LogP contribution in [0.4, 0.5) is 15.5 Å². The molecule has 25 heavy (non-hydrogen) atoms. The number of carbonyl (C=O) groups is 2. The minimum atomic E-state index is -0.229. The number of piperidine rings is 1. The topological polar surface area (TPSA) is 70.7 Å². The molecule has 7 heteroatoms. The maximum absolute atomic E-state index is 12.6. The van der Waals surface area contributed by atoms with Crippen molar-refractivity contribution in [1.29, 1.82) is 0 Å². The molecule has 1 saturated heterocycles. The highest BCUT2D eigenvalue weighted by Crippen LogP contribution is 2.26. The van der Waals surface area contributed by atoms with Gasteiger partial charge in [-0.3, -0.25) is 10.1 Å². The molecule has 1 aromatic heterocycles. The van der Waals surface area contributed by atoms with Crippen molar-refractivity contribution in [1.82, 2.24) is 4.90 Å². The molecule has 6 nitrogen and oxygen atoms in total. The fourth-order valence-corrected chi connectivity index (χ4v) is 3.50. The van der Waals surface area contributed by atoms with Crippen LogP contribution in [0.5, 0.6) is 5.75 Å². The third kappa shape index (κ3) is 4.30. The Morgan fingerprint density at radius 1 is 1.20 bits per heavy atom. The molecule has 3 amide bonds. The zero-order valence-corrected chi connectivity index (χ0v) is 14.8. The van der Waals surface area contributed by atoms with Crippen molar-refractivity contribution in [3.63, 3.8) is 0 Å². The standard InChI is InChI=1S/C18H21N3O3S/c1-24-15-8-3-2-7-14(15)19-17(22)13-6-4-10-21(12-13)18(23)20-16-9-5-11-25-16/h2-3,5,7-9,11,13H,4,6,10,12H2,1H3,(H,19,22)(H,20,23).